The molecule has 0 saturated heterocycles. The molecule has 1 aliphatic rings. The van der Waals surface area contributed by atoms with Crippen LogP contribution < -0.4 is 0 Å². The summed E-state index contributed by atoms with van der Waals surface area (Å²) < 4.78 is 5.12. The molecule has 0 aliphatic carbocycles. The number of nitrogens with zero attached hydrogens (tertiary/aromatic N) is 3. The third-order valence-electron chi connectivity index (χ3n) is 5.19. The number of pyridine rings is 1. The zero-order chi connectivity index (χ0) is 18.4. The number of aromatic nitrogens is 3. The van der Waals surface area contributed by atoms with E-state index in [4.69, 9.17) is 4.52 Å². The number of amides is 1. The van der Waals surface area contributed by atoms with Gasteiger partial charge in [0, 0.05) is 41.9 Å². The van der Waals surface area contributed by atoms with Crippen molar-refractivity contribution in [3.8, 4) is 0 Å². The Morgan fingerprint density at radius 2 is 2.15 bits per heavy atom. The van der Waals surface area contributed by atoms with E-state index in [1.165, 1.54) is 16.5 Å². The SMILES string of the molecule is Cc1noc2ncc(C(=O)N3CC=C(c4c[nH]c5ccccc45)CC3)cc12. The van der Waals surface area contributed by atoms with Gasteiger partial charge in [-0.05, 0) is 31.1 Å². The molecule has 6 heteroatoms. The topological polar surface area (TPSA) is 75.0 Å². The number of carbonyl (C=O) groups excluding carboxylic acids is 1. The van der Waals surface area contributed by atoms with Crippen LogP contribution >= 0.6 is 0 Å². The minimum absolute atomic E-state index is 0.0146. The summed E-state index contributed by atoms with van der Waals surface area (Å²) >= 11 is 0. The van der Waals surface area contributed by atoms with Gasteiger partial charge in [-0.1, -0.05) is 29.4 Å². The first-order valence-electron chi connectivity index (χ1n) is 8.97. The van der Waals surface area contributed by atoms with E-state index in [0.717, 1.165) is 23.0 Å². The molecule has 4 aromatic rings. The fourth-order valence-electron chi connectivity index (χ4n) is 3.68. The summed E-state index contributed by atoms with van der Waals surface area (Å²) in [5.74, 6) is -0.0146. The lowest BCUT2D eigenvalue weighted by molar-refractivity contribution is 0.0772. The van der Waals surface area contributed by atoms with E-state index < -0.39 is 0 Å². The zero-order valence-corrected chi connectivity index (χ0v) is 14.9. The van der Waals surface area contributed by atoms with Crippen LogP contribution in [0.3, 0.4) is 0 Å². The van der Waals surface area contributed by atoms with Crippen molar-refractivity contribution in [3.63, 3.8) is 0 Å². The molecule has 134 valence electrons. The van der Waals surface area contributed by atoms with Crippen LogP contribution in [0.4, 0.5) is 0 Å². The van der Waals surface area contributed by atoms with Crippen molar-refractivity contribution in [1.82, 2.24) is 20.0 Å². The van der Waals surface area contributed by atoms with E-state index in [2.05, 4.69) is 45.6 Å². The first-order valence-corrected chi connectivity index (χ1v) is 8.97. The van der Waals surface area contributed by atoms with Crippen LogP contribution in [-0.4, -0.2) is 39.0 Å². The molecule has 0 bridgehead atoms. The highest BCUT2D eigenvalue weighted by Crippen LogP contribution is 2.29. The Balaban J connectivity index is 1.40. The first kappa shape index (κ1) is 15.8. The minimum atomic E-state index is -0.0146. The number of aryl methyl sites for hydroxylation is 1. The Labute approximate surface area is 155 Å². The predicted molar refractivity (Wildman–Crippen MR) is 103 cm³/mol. The Morgan fingerprint density at radius 3 is 3.00 bits per heavy atom. The molecule has 4 heterocycles. The van der Waals surface area contributed by atoms with Crippen molar-refractivity contribution >= 4 is 33.5 Å². The molecule has 1 N–H and O–H groups in total. The van der Waals surface area contributed by atoms with Gasteiger partial charge in [-0.3, -0.25) is 4.79 Å². The first-order chi connectivity index (χ1) is 13.2. The van der Waals surface area contributed by atoms with Crippen molar-refractivity contribution in [3.05, 3.63) is 65.6 Å². The highest BCUT2D eigenvalue weighted by Gasteiger charge is 2.21. The van der Waals surface area contributed by atoms with Gasteiger partial charge in [-0.2, -0.15) is 0 Å². The van der Waals surface area contributed by atoms with Gasteiger partial charge >= 0.3 is 0 Å². The summed E-state index contributed by atoms with van der Waals surface area (Å²) in [7, 11) is 0. The number of rotatable bonds is 2. The number of fused-ring (bicyclic) bond motifs is 2. The Kier molecular flexibility index (Phi) is 3.57. The maximum absolute atomic E-state index is 12.9. The Hall–Kier alpha value is -3.41. The molecule has 27 heavy (non-hydrogen) atoms. The second kappa shape index (κ2) is 6.09. The molecule has 0 spiro atoms. The van der Waals surface area contributed by atoms with Crippen molar-refractivity contribution in [2.75, 3.05) is 13.1 Å². The highest BCUT2D eigenvalue weighted by atomic mass is 16.5. The van der Waals surface area contributed by atoms with Gasteiger partial charge in [0.05, 0.1) is 16.6 Å². The average Bonchev–Trinajstić information content (AvgIpc) is 3.31. The fourth-order valence-corrected chi connectivity index (χ4v) is 3.68. The Bertz CT molecular complexity index is 1200. The maximum atomic E-state index is 12.9. The minimum Gasteiger partial charge on any atom is -0.361 e. The van der Waals surface area contributed by atoms with Gasteiger partial charge in [-0.25, -0.2) is 4.98 Å². The van der Waals surface area contributed by atoms with E-state index in [9.17, 15) is 4.79 Å². The number of benzene rings is 1. The molecule has 1 aromatic carbocycles. The number of nitrogens with one attached hydrogen (secondary N) is 1. The smallest absolute Gasteiger partial charge is 0.257 e. The molecule has 0 saturated carbocycles. The van der Waals surface area contributed by atoms with Gasteiger partial charge in [0.15, 0.2) is 0 Å². The number of para-hydroxylation sites is 1. The van der Waals surface area contributed by atoms with Crippen LogP contribution in [0.1, 0.15) is 28.0 Å². The van der Waals surface area contributed by atoms with Crippen LogP contribution in [0.25, 0.3) is 27.6 Å². The highest BCUT2D eigenvalue weighted by molar-refractivity contribution is 5.98. The summed E-state index contributed by atoms with van der Waals surface area (Å²) in [6, 6.07) is 10.1. The molecule has 0 fully saturated rings. The summed E-state index contributed by atoms with van der Waals surface area (Å²) in [6.45, 7) is 3.12. The van der Waals surface area contributed by atoms with E-state index in [0.29, 0.717) is 24.4 Å². The van der Waals surface area contributed by atoms with E-state index in [1.54, 1.807) is 6.20 Å². The number of H-pyrrole nitrogens is 1. The van der Waals surface area contributed by atoms with E-state index in [-0.39, 0.29) is 5.91 Å². The molecule has 0 unspecified atom stereocenters. The third-order valence-corrected chi connectivity index (χ3v) is 5.19. The van der Waals surface area contributed by atoms with E-state index in [1.807, 2.05) is 24.0 Å². The lowest BCUT2D eigenvalue weighted by Crippen LogP contribution is -2.34. The number of aromatic amines is 1. The van der Waals surface area contributed by atoms with Gasteiger partial charge < -0.3 is 14.4 Å². The van der Waals surface area contributed by atoms with Gasteiger partial charge in [0.25, 0.3) is 11.6 Å². The zero-order valence-electron chi connectivity index (χ0n) is 14.9. The monoisotopic (exact) mass is 358 g/mol. The van der Waals surface area contributed by atoms with Crippen LogP contribution in [0.15, 0.2) is 53.3 Å². The maximum Gasteiger partial charge on any atom is 0.257 e. The quantitative estimate of drug-likeness (QED) is 0.589. The molecular weight excluding hydrogens is 340 g/mol. The fraction of sp³-hybridized carbons (Fsp3) is 0.190. The normalized spacial score (nSPS) is 14.7. The van der Waals surface area contributed by atoms with Gasteiger partial charge in [0.1, 0.15) is 0 Å². The summed E-state index contributed by atoms with van der Waals surface area (Å²) in [5, 5.41) is 5.91. The number of carbonyl (C=O) groups is 1. The lowest BCUT2D eigenvalue weighted by Gasteiger charge is -2.26. The summed E-state index contributed by atoms with van der Waals surface area (Å²) in [4.78, 5) is 22.3. The molecule has 1 amide bonds. The van der Waals surface area contributed by atoms with Crippen molar-refractivity contribution in [2.24, 2.45) is 0 Å². The number of hydrogen-bond acceptors (Lipinski definition) is 4. The average molecular weight is 358 g/mol. The molecule has 0 radical (unpaired) electrons. The van der Waals surface area contributed by atoms with Crippen LogP contribution in [0, 0.1) is 6.92 Å². The van der Waals surface area contributed by atoms with E-state index >= 15 is 0 Å². The molecule has 3 aromatic heterocycles. The number of hydrogen-bond donors (Lipinski definition) is 1. The molecule has 1 aliphatic heterocycles. The summed E-state index contributed by atoms with van der Waals surface area (Å²) in [5.41, 5.74) is 5.41. The molecule has 6 nitrogen and oxygen atoms in total. The second-order valence-electron chi connectivity index (χ2n) is 6.82. The second-order valence-corrected chi connectivity index (χ2v) is 6.82. The lowest BCUT2D eigenvalue weighted by atomic mass is 9.98. The summed E-state index contributed by atoms with van der Waals surface area (Å²) in [6.07, 6.45) is 6.60. The molecule has 5 rings (SSSR count). The van der Waals surface area contributed by atoms with Crippen molar-refractivity contribution < 1.29 is 9.32 Å². The van der Waals surface area contributed by atoms with Gasteiger partial charge in [-0.15, -0.1) is 0 Å². The van der Waals surface area contributed by atoms with Crippen LogP contribution in [0.5, 0.6) is 0 Å². The third kappa shape index (κ3) is 2.61. The van der Waals surface area contributed by atoms with Gasteiger partial charge in [0.2, 0.25) is 0 Å². The Morgan fingerprint density at radius 1 is 1.26 bits per heavy atom. The predicted octanol–water partition coefficient (Wildman–Crippen LogP) is 3.94. The molecular formula is C21H18N4O2. The van der Waals surface area contributed by atoms with Crippen molar-refractivity contribution in [1.29, 1.82) is 0 Å². The molecule has 0 atom stereocenters. The van der Waals surface area contributed by atoms with Crippen molar-refractivity contribution in [2.45, 2.75) is 13.3 Å². The largest absolute Gasteiger partial charge is 0.361 e. The van der Waals surface area contributed by atoms with Crippen LogP contribution in [-0.2, 0) is 0 Å². The standard InChI is InChI=1S/C21H18N4O2/c1-13-17-10-15(11-23-20(17)27-24-13)21(26)25-8-6-14(7-9-25)18-12-22-19-5-3-2-4-16(18)19/h2-6,10-12,22H,7-9H2,1H3. The van der Waals surface area contributed by atoms with Crippen LogP contribution in [0.2, 0.25) is 0 Å².